The van der Waals surface area contributed by atoms with Crippen molar-refractivity contribution in [3.63, 3.8) is 0 Å². The molecule has 0 bridgehead atoms. The first-order valence-corrected chi connectivity index (χ1v) is 11.7. The number of para-hydroxylation sites is 1. The van der Waals surface area contributed by atoms with Crippen LogP contribution in [0.2, 0.25) is 0 Å². The van der Waals surface area contributed by atoms with Crippen molar-refractivity contribution in [1.82, 2.24) is 14.0 Å². The smallest absolute Gasteiger partial charge is 0.277 e. The summed E-state index contributed by atoms with van der Waals surface area (Å²) in [6.07, 6.45) is 2.96. The Labute approximate surface area is 185 Å². The highest BCUT2D eigenvalue weighted by molar-refractivity contribution is 7.15. The molecule has 0 radical (unpaired) electrons. The monoisotopic (exact) mass is 435 g/mol. The SMILES string of the molecule is CC[C@@H](C)n1c(C)c(/C=c2\sc3nc(C)c(C(C)C)c(=O)n3c2=O)c2cccc(C)c21. The number of rotatable bonds is 4. The zero-order valence-electron chi connectivity index (χ0n) is 19.2. The van der Waals surface area contributed by atoms with E-state index >= 15 is 0 Å². The number of aryl methyl sites for hydroxylation is 2. The minimum absolute atomic E-state index is 0.0161. The van der Waals surface area contributed by atoms with Gasteiger partial charge in [0, 0.05) is 33.9 Å². The summed E-state index contributed by atoms with van der Waals surface area (Å²) in [4.78, 5) is 31.3. The molecule has 3 heterocycles. The van der Waals surface area contributed by atoms with Gasteiger partial charge in [0.1, 0.15) is 0 Å². The van der Waals surface area contributed by atoms with Crippen molar-refractivity contribution in [3.8, 4) is 0 Å². The van der Waals surface area contributed by atoms with E-state index in [0.29, 0.717) is 26.8 Å². The van der Waals surface area contributed by atoms with Crippen LogP contribution in [0.4, 0.5) is 0 Å². The van der Waals surface area contributed by atoms with Crippen LogP contribution < -0.4 is 15.7 Å². The van der Waals surface area contributed by atoms with E-state index in [1.54, 1.807) is 0 Å². The third kappa shape index (κ3) is 3.24. The van der Waals surface area contributed by atoms with Crippen LogP contribution in [-0.2, 0) is 0 Å². The fourth-order valence-corrected chi connectivity index (χ4v) is 5.60. The number of hydrogen-bond acceptors (Lipinski definition) is 4. The Bertz CT molecular complexity index is 1490. The zero-order chi connectivity index (χ0) is 22.6. The van der Waals surface area contributed by atoms with Gasteiger partial charge in [0.05, 0.1) is 10.0 Å². The van der Waals surface area contributed by atoms with Crippen molar-refractivity contribution in [2.24, 2.45) is 0 Å². The Kier molecular flexibility index (Phi) is 5.38. The van der Waals surface area contributed by atoms with Crippen molar-refractivity contribution >= 4 is 33.3 Å². The topological polar surface area (TPSA) is 56.4 Å². The van der Waals surface area contributed by atoms with E-state index in [1.165, 1.54) is 26.8 Å². The van der Waals surface area contributed by atoms with E-state index < -0.39 is 0 Å². The van der Waals surface area contributed by atoms with Crippen molar-refractivity contribution in [1.29, 1.82) is 0 Å². The molecule has 1 atom stereocenters. The lowest BCUT2D eigenvalue weighted by Gasteiger charge is -2.16. The Morgan fingerprint density at radius 1 is 1.10 bits per heavy atom. The molecular weight excluding hydrogens is 406 g/mol. The summed E-state index contributed by atoms with van der Waals surface area (Å²) in [6.45, 7) is 14.4. The minimum Gasteiger partial charge on any atom is -0.341 e. The van der Waals surface area contributed by atoms with Gasteiger partial charge in [0.2, 0.25) is 4.96 Å². The van der Waals surface area contributed by atoms with Gasteiger partial charge in [-0.1, -0.05) is 50.3 Å². The summed E-state index contributed by atoms with van der Waals surface area (Å²) in [5.74, 6) is 0.0161. The average Bonchev–Trinajstić information content (AvgIpc) is 3.16. The molecule has 0 aliphatic heterocycles. The van der Waals surface area contributed by atoms with Crippen molar-refractivity contribution < 1.29 is 0 Å². The Hall–Kier alpha value is -2.73. The number of fused-ring (bicyclic) bond motifs is 2. The van der Waals surface area contributed by atoms with Crippen molar-refractivity contribution in [2.45, 2.75) is 66.8 Å². The third-order valence-electron chi connectivity index (χ3n) is 6.30. The van der Waals surface area contributed by atoms with Gasteiger partial charge in [-0.3, -0.25) is 9.59 Å². The van der Waals surface area contributed by atoms with Crippen LogP contribution in [0.5, 0.6) is 0 Å². The standard InChI is InChI=1S/C25H29N3O2S/c1-8-15(5)27-17(7)19(18-11-9-10-14(4)22(18)27)12-20-23(29)28-24(30)21(13(2)3)16(6)26-25(28)31-20/h9-13,15H,8H2,1-7H3/b20-12-/t15-/m1/s1. The van der Waals surface area contributed by atoms with Gasteiger partial charge < -0.3 is 4.57 Å². The average molecular weight is 436 g/mol. The molecule has 0 unspecified atom stereocenters. The summed E-state index contributed by atoms with van der Waals surface area (Å²) < 4.78 is 4.16. The van der Waals surface area contributed by atoms with E-state index in [0.717, 1.165) is 23.1 Å². The van der Waals surface area contributed by atoms with Crippen LogP contribution in [0.1, 0.15) is 74.2 Å². The fourth-order valence-electron chi connectivity index (χ4n) is 4.61. The molecule has 0 spiro atoms. The lowest BCUT2D eigenvalue weighted by molar-refractivity contribution is 0.536. The molecule has 4 rings (SSSR count). The van der Waals surface area contributed by atoms with Gasteiger partial charge in [-0.25, -0.2) is 9.38 Å². The quantitative estimate of drug-likeness (QED) is 0.469. The van der Waals surface area contributed by atoms with Gasteiger partial charge in [-0.2, -0.15) is 0 Å². The molecule has 1 aromatic carbocycles. The Morgan fingerprint density at radius 2 is 1.81 bits per heavy atom. The van der Waals surface area contributed by atoms with E-state index in [4.69, 9.17) is 0 Å². The lowest BCUT2D eigenvalue weighted by Crippen LogP contribution is -2.33. The van der Waals surface area contributed by atoms with Crippen molar-refractivity contribution in [2.75, 3.05) is 0 Å². The van der Waals surface area contributed by atoms with Crippen LogP contribution >= 0.6 is 11.3 Å². The first-order valence-electron chi connectivity index (χ1n) is 10.8. The molecule has 0 amide bonds. The van der Waals surface area contributed by atoms with Crippen LogP contribution in [0.25, 0.3) is 21.9 Å². The number of nitrogens with zero attached hydrogens (tertiary/aromatic N) is 3. The first kappa shape index (κ1) is 21.5. The van der Waals surface area contributed by atoms with Crippen LogP contribution in [0, 0.1) is 20.8 Å². The molecule has 0 saturated heterocycles. The highest BCUT2D eigenvalue weighted by Gasteiger charge is 2.19. The number of hydrogen-bond donors (Lipinski definition) is 0. The van der Waals surface area contributed by atoms with Crippen molar-refractivity contribution in [3.05, 3.63) is 71.5 Å². The predicted molar refractivity (Wildman–Crippen MR) is 130 cm³/mol. The predicted octanol–water partition coefficient (Wildman–Crippen LogP) is 4.64. The van der Waals surface area contributed by atoms with Gasteiger partial charge in [0.15, 0.2) is 0 Å². The van der Waals surface area contributed by atoms with E-state index in [1.807, 2.05) is 26.8 Å². The summed E-state index contributed by atoms with van der Waals surface area (Å²) in [5.41, 5.74) is 5.39. The summed E-state index contributed by atoms with van der Waals surface area (Å²) in [7, 11) is 0. The second kappa shape index (κ2) is 7.75. The summed E-state index contributed by atoms with van der Waals surface area (Å²) >= 11 is 1.29. The van der Waals surface area contributed by atoms with Gasteiger partial charge in [-0.15, -0.1) is 0 Å². The molecule has 6 heteroatoms. The molecule has 31 heavy (non-hydrogen) atoms. The number of aromatic nitrogens is 3. The molecular formula is C25H29N3O2S. The molecule has 162 valence electrons. The Balaban J connectivity index is 2.09. The molecule has 0 aliphatic carbocycles. The van der Waals surface area contributed by atoms with Crippen LogP contribution in [0.3, 0.4) is 0 Å². The maximum atomic E-state index is 13.2. The fraction of sp³-hybridized carbons (Fsp3) is 0.400. The van der Waals surface area contributed by atoms with Crippen LogP contribution in [0.15, 0.2) is 27.8 Å². The van der Waals surface area contributed by atoms with Gasteiger partial charge in [0.25, 0.3) is 11.1 Å². The van der Waals surface area contributed by atoms with Crippen LogP contribution in [-0.4, -0.2) is 14.0 Å². The van der Waals surface area contributed by atoms with E-state index in [2.05, 4.69) is 55.4 Å². The minimum atomic E-state index is -0.282. The first-order chi connectivity index (χ1) is 14.7. The Morgan fingerprint density at radius 3 is 2.45 bits per heavy atom. The molecule has 0 aliphatic rings. The largest absolute Gasteiger partial charge is 0.341 e. The number of thiazole rings is 1. The summed E-state index contributed by atoms with van der Waals surface area (Å²) in [5, 5.41) is 1.13. The molecule has 4 aromatic rings. The normalized spacial score (nSPS) is 13.7. The second-order valence-electron chi connectivity index (χ2n) is 8.70. The van der Waals surface area contributed by atoms with E-state index in [-0.39, 0.29) is 17.0 Å². The highest BCUT2D eigenvalue weighted by atomic mass is 32.1. The molecule has 0 N–H and O–H groups in total. The van der Waals surface area contributed by atoms with Gasteiger partial charge in [-0.05, 0) is 51.7 Å². The highest BCUT2D eigenvalue weighted by Crippen LogP contribution is 2.32. The molecule has 3 aromatic heterocycles. The molecule has 0 fully saturated rings. The zero-order valence-corrected chi connectivity index (χ0v) is 20.1. The van der Waals surface area contributed by atoms with E-state index in [9.17, 15) is 9.59 Å². The maximum Gasteiger partial charge on any atom is 0.277 e. The second-order valence-corrected chi connectivity index (χ2v) is 9.71. The third-order valence-corrected chi connectivity index (χ3v) is 7.27. The summed E-state index contributed by atoms with van der Waals surface area (Å²) in [6, 6.07) is 6.65. The number of benzene rings is 1. The molecule has 0 saturated carbocycles. The lowest BCUT2D eigenvalue weighted by atomic mass is 10.0. The maximum absolute atomic E-state index is 13.2. The van der Waals surface area contributed by atoms with Gasteiger partial charge >= 0.3 is 0 Å². The molecule has 5 nitrogen and oxygen atoms in total.